The molecule has 0 radical (unpaired) electrons. The molecule has 1 aromatic carbocycles. The molecule has 1 aromatic heterocycles. The van der Waals surface area contributed by atoms with Crippen molar-refractivity contribution in [2.75, 3.05) is 0 Å². The molecule has 17 heavy (non-hydrogen) atoms. The molecule has 0 saturated carbocycles. The standard InChI is InChI=1S/C13H9NO3/c14-7-10-1-3-11(4-2-10)13-6-5-12(17-13)8-16-9-15/h1-6,9H,8H2. The summed E-state index contributed by atoms with van der Waals surface area (Å²) in [7, 11) is 0. The third-order valence-electron chi connectivity index (χ3n) is 2.25. The normalized spacial score (nSPS) is 9.59. The van der Waals surface area contributed by atoms with Crippen LogP contribution in [0.4, 0.5) is 0 Å². The highest BCUT2D eigenvalue weighted by atomic mass is 16.5. The molecule has 0 bridgehead atoms. The number of benzene rings is 1. The predicted molar refractivity (Wildman–Crippen MR) is 59.7 cm³/mol. The van der Waals surface area contributed by atoms with Crippen LogP contribution in [-0.2, 0) is 16.1 Å². The van der Waals surface area contributed by atoms with Crippen molar-refractivity contribution in [2.45, 2.75) is 6.61 Å². The maximum atomic E-state index is 10.0. The second-order valence-corrected chi connectivity index (χ2v) is 3.36. The van der Waals surface area contributed by atoms with E-state index < -0.39 is 0 Å². The maximum Gasteiger partial charge on any atom is 0.293 e. The van der Waals surface area contributed by atoms with Crippen LogP contribution in [0.1, 0.15) is 11.3 Å². The van der Waals surface area contributed by atoms with Crippen molar-refractivity contribution in [3.63, 3.8) is 0 Å². The van der Waals surface area contributed by atoms with E-state index in [2.05, 4.69) is 4.74 Å². The van der Waals surface area contributed by atoms with Crippen molar-refractivity contribution in [2.24, 2.45) is 0 Å². The number of furan rings is 1. The minimum Gasteiger partial charge on any atom is -0.460 e. The fourth-order valence-corrected chi connectivity index (χ4v) is 1.44. The molecule has 2 rings (SSSR count). The van der Waals surface area contributed by atoms with Crippen LogP contribution in [0.5, 0.6) is 0 Å². The fourth-order valence-electron chi connectivity index (χ4n) is 1.44. The van der Waals surface area contributed by atoms with Gasteiger partial charge < -0.3 is 9.15 Å². The molecule has 0 unspecified atom stereocenters. The van der Waals surface area contributed by atoms with Crippen LogP contribution in [0, 0.1) is 11.3 Å². The van der Waals surface area contributed by atoms with Crippen LogP contribution in [0.25, 0.3) is 11.3 Å². The smallest absolute Gasteiger partial charge is 0.293 e. The highest BCUT2D eigenvalue weighted by molar-refractivity contribution is 5.58. The number of hydrogen-bond donors (Lipinski definition) is 0. The lowest BCUT2D eigenvalue weighted by Gasteiger charge is -1.97. The van der Waals surface area contributed by atoms with Gasteiger partial charge in [0.05, 0.1) is 11.6 Å². The van der Waals surface area contributed by atoms with E-state index in [9.17, 15) is 4.79 Å². The SMILES string of the molecule is N#Cc1ccc(-c2ccc(COC=O)o2)cc1. The highest BCUT2D eigenvalue weighted by Gasteiger charge is 2.04. The van der Waals surface area contributed by atoms with E-state index in [0.29, 0.717) is 23.6 Å². The molecule has 0 atom stereocenters. The summed E-state index contributed by atoms with van der Waals surface area (Å²) in [6, 6.07) is 12.7. The van der Waals surface area contributed by atoms with Crippen LogP contribution in [0.3, 0.4) is 0 Å². The monoisotopic (exact) mass is 227 g/mol. The van der Waals surface area contributed by atoms with Crippen LogP contribution >= 0.6 is 0 Å². The summed E-state index contributed by atoms with van der Waals surface area (Å²) < 4.78 is 10.1. The quantitative estimate of drug-likeness (QED) is 0.753. The number of nitrogens with zero attached hydrogens (tertiary/aromatic N) is 1. The summed E-state index contributed by atoms with van der Waals surface area (Å²) >= 11 is 0. The zero-order chi connectivity index (χ0) is 12.1. The van der Waals surface area contributed by atoms with Gasteiger partial charge in [-0.25, -0.2) is 0 Å². The number of carbonyl (C=O) groups is 1. The van der Waals surface area contributed by atoms with Crippen molar-refractivity contribution in [3.05, 3.63) is 47.7 Å². The van der Waals surface area contributed by atoms with Crippen molar-refractivity contribution >= 4 is 6.47 Å². The van der Waals surface area contributed by atoms with Gasteiger partial charge in [0.1, 0.15) is 18.1 Å². The first-order valence-corrected chi connectivity index (χ1v) is 4.98. The van der Waals surface area contributed by atoms with Gasteiger partial charge in [-0.2, -0.15) is 5.26 Å². The molecule has 0 fully saturated rings. The van der Waals surface area contributed by atoms with Gasteiger partial charge in [0.2, 0.25) is 0 Å². The van der Waals surface area contributed by atoms with Crippen molar-refractivity contribution < 1.29 is 13.9 Å². The zero-order valence-corrected chi connectivity index (χ0v) is 8.92. The van der Waals surface area contributed by atoms with Gasteiger partial charge in [-0.1, -0.05) is 0 Å². The fraction of sp³-hybridized carbons (Fsp3) is 0.0769. The Balaban J connectivity index is 2.18. The van der Waals surface area contributed by atoms with Gasteiger partial charge in [-0.05, 0) is 36.4 Å². The summed E-state index contributed by atoms with van der Waals surface area (Å²) in [6.45, 7) is 0.504. The van der Waals surface area contributed by atoms with E-state index in [1.165, 1.54) is 0 Å². The first-order valence-electron chi connectivity index (χ1n) is 4.98. The second-order valence-electron chi connectivity index (χ2n) is 3.36. The summed E-state index contributed by atoms with van der Waals surface area (Å²) in [4.78, 5) is 10.0. The second kappa shape index (κ2) is 4.99. The van der Waals surface area contributed by atoms with E-state index in [4.69, 9.17) is 9.68 Å². The number of carbonyl (C=O) groups excluding carboxylic acids is 1. The minimum atomic E-state index is 0.125. The van der Waals surface area contributed by atoms with Gasteiger partial charge in [0.25, 0.3) is 6.47 Å². The van der Waals surface area contributed by atoms with Gasteiger partial charge in [-0.15, -0.1) is 0 Å². The Kier molecular flexibility index (Phi) is 3.22. The molecule has 0 spiro atoms. The predicted octanol–water partition coefficient (Wildman–Crippen LogP) is 2.49. The Labute approximate surface area is 98.0 Å². The molecule has 4 nitrogen and oxygen atoms in total. The molecule has 0 aliphatic heterocycles. The molecule has 1 heterocycles. The summed E-state index contributed by atoms with van der Waals surface area (Å²) in [5.41, 5.74) is 1.48. The highest BCUT2D eigenvalue weighted by Crippen LogP contribution is 2.22. The Morgan fingerprint density at radius 1 is 1.24 bits per heavy atom. The molecule has 2 aromatic rings. The molecule has 4 heteroatoms. The maximum absolute atomic E-state index is 10.0. The Morgan fingerprint density at radius 2 is 2.00 bits per heavy atom. The van der Waals surface area contributed by atoms with E-state index >= 15 is 0 Å². The van der Waals surface area contributed by atoms with Gasteiger partial charge >= 0.3 is 0 Å². The average molecular weight is 227 g/mol. The van der Waals surface area contributed by atoms with Crippen molar-refractivity contribution in [1.29, 1.82) is 5.26 Å². The number of nitriles is 1. The lowest BCUT2D eigenvalue weighted by molar-refractivity contribution is -0.130. The molecule has 0 N–H and O–H groups in total. The van der Waals surface area contributed by atoms with E-state index in [0.717, 1.165) is 5.56 Å². The van der Waals surface area contributed by atoms with E-state index in [1.807, 2.05) is 18.2 Å². The number of rotatable bonds is 4. The molecule has 0 saturated heterocycles. The third-order valence-corrected chi connectivity index (χ3v) is 2.25. The van der Waals surface area contributed by atoms with Crippen LogP contribution in [-0.4, -0.2) is 6.47 Å². The lowest BCUT2D eigenvalue weighted by Crippen LogP contribution is -1.86. The van der Waals surface area contributed by atoms with Gasteiger partial charge in [0.15, 0.2) is 0 Å². The number of ether oxygens (including phenoxy) is 1. The Morgan fingerprint density at radius 3 is 2.65 bits per heavy atom. The largest absolute Gasteiger partial charge is 0.460 e. The molecule has 0 aliphatic carbocycles. The molecule has 84 valence electrons. The Hall–Kier alpha value is -2.54. The molecular formula is C13H9NO3. The van der Waals surface area contributed by atoms with Crippen molar-refractivity contribution in [3.8, 4) is 17.4 Å². The zero-order valence-electron chi connectivity index (χ0n) is 8.92. The molecular weight excluding hydrogens is 218 g/mol. The third kappa shape index (κ3) is 2.52. The van der Waals surface area contributed by atoms with Crippen LogP contribution in [0.15, 0.2) is 40.8 Å². The molecule has 0 amide bonds. The topological polar surface area (TPSA) is 63.2 Å². The lowest BCUT2D eigenvalue weighted by atomic mass is 10.1. The van der Waals surface area contributed by atoms with E-state index in [-0.39, 0.29) is 6.61 Å². The minimum absolute atomic E-state index is 0.125. The Bertz CT molecular complexity index is 549. The van der Waals surface area contributed by atoms with Gasteiger partial charge in [0, 0.05) is 5.56 Å². The van der Waals surface area contributed by atoms with Crippen molar-refractivity contribution in [1.82, 2.24) is 0 Å². The number of hydrogen-bond acceptors (Lipinski definition) is 4. The first-order chi connectivity index (χ1) is 8.33. The van der Waals surface area contributed by atoms with Crippen LogP contribution < -0.4 is 0 Å². The first kappa shape index (κ1) is 11.0. The summed E-state index contributed by atoms with van der Waals surface area (Å²) in [6.07, 6.45) is 0. The molecule has 0 aliphatic rings. The summed E-state index contributed by atoms with van der Waals surface area (Å²) in [5.74, 6) is 1.26. The van der Waals surface area contributed by atoms with Crippen LogP contribution in [0.2, 0.25) is 0 Å². The average Bonchev–Trinajstić information content (AvgIpc) is 2.85. The van der Waals surface area contributed by atoms with Gasteiger partial charge in [-0.3, -0.25) is 4.79 Å². The van der Waals surface area contributed by atoms with E-state index in [1.54, 1.807) is 24.3 Å². The summed E-state index contributed by atoms with van der Waals surface area (Å²) in [5, 5.41) is 8.68.